The van der Waals surface area contributed by atoms with Crippen molar-refractivity contribution >= 4 is 22.8 Å². The molecule has 0 amide bonds. The number of carbonyl (C=O) groups excluding carboxylic acids is 1. The number of phenols is 1. The molecule has 0 aliphatic carbocycles. The van der Waals surface area contributed by atoms with E-state index in [0.717, 1.165) is 27.7 Å². The van der Waals surface area contributed by atoms with Gasteiger partial charge in [-0.15, -0.1) is 0 Å². The van der Waals surface area contributed by atoms with Gasteiger partial charge < -0.3 is 14.4 Å². The largest absolute Gasteiger partial charge is 0.507 e. The minimum Gasteiger partial charge on any atom is -0.507 e. The first-order valence-corrected chi connectivity index (χ1v) is 9.04. The Bertz CT molecular complexity index is 1270. The van der Waals surface area contributed by atoms with Crippen molar-refractivity contribution in [2.24, 2.45) is 7.05 Å². The van der Waals surface area contributed by atoms with Gasteiger partial charge in [0, 0.05) is 23.5 Å². The molecule has 0 saturated carbocycles. The molecule has 4 nitrogen and oxygen atoms in total. The summed E-state index contributed by atoms with van der Waals surface area (Å²) in [5.74, 6) is 0.231. The number of aryl methyl sites for hydroxylation is 1. The summed E-state index contributed by atoms with van der Waals surface area (Å²) < 4.78 is 7.92. The van der Waals surface area contributed by atoms with Crippen molar-refractivity contribution in [3.05, 3.63) is 89.7 Å². The fraction of sp³-hybridized carbons (Fsp3) is 0.0417. The maximum Gasteiger partial charge on any atom is 0.235 e. The van der Waals surface area contributed by atoms with E-state index in [9.17, 15) is 9.90 Å². The van der Waals surface area contributed by atoms with Gasteiger partial charge in [0.25, 0.3) is 0 Å². The zero-order valence-electron chi connectivity index (χ0n) is 15.2. The van der Waals surface area contributed by atoms with E-state index in [1.165, 1.54) is 6.07 Å². The predicted octanol–water partition coefficient (Wildman–Crippen LogP) is 5.17. The second kappa shape index (κ2) is 6.13. The first-order chi connectivity index (χ1) is 13.6. The van der Waals surface area contributed by atoms with E-state index in [0.29, 0.717) is 5.75 Å². The number of phenolic OH excluding ortho intramolecular Hbond substituents is 1. The molecule has 0 bridgehead atoms. The Morgan fingerprint density at radius 3 is 2.46 bits per heavy atom. The van der Waals surface area contributed by atoms with Crippen LogP contribution in [0.3, 0.4) is 0 Å². The molecular formula is C24H17NO3. The lowest BCUT2D eigenvalue weighted by atomic mass is 10.0. The minimum atomic E-state index is -0.306. The summed E-state index contributed by atoms with van der Waals surface area (Å²) in [6, 6.07) is 23.0. The quantitative estimate of drug-likeness (QED) is 0.498. The first kappa shape index (κ1) is 16.4. The summed E-state index contributed by atoms with van der Waals surface area (Å²) in [5, 5.41) is 11.1. The van der Waals surface area contributed by atoms with Crippen LogP contribution in [-0.2, 0) is 7.05 Å². The molecule has 0 unspecified atom stereocenters. The fourth-order valence-electron chi connectivity index (χ4n) is 3.86. The van der Waals surface area contributed by atoms with Gasteiger partial charge in [-0.1, -0.05) is 54.6 Å². The van der Waals surface area contributed by atoms with Crippen molar-refractivity contribution in [3.63, 3.8) is 0 Å². The van der Waals surface area contributed by atoms with E-state index < -0.39 is 0 Å². The molecule has 1 aliphatic rings. The molecular weight excluding hydrogens is 350 g/mol. The number of allylic oxidation sites excluding steroid dienone is 1. The van der Waals surface area contributed by atoms with Gasteiger partial charge >= 0.3 is 0 Å². The van der Waals surface area contributed by atoms with E-state index in [2.05, 4.69) is 10.6 Å². The first-order valence-electron chi connectivity index (χ1n) is 9.04. The topological polar surface area (TPSA) is 51.5 Å². The third-order valence-electron chi connectivity index (χ3n) is 5.14. The number of aromatic hydroxyl groups is 1. The Kier molecular flexibility index (Phi) is 3.59. The molecule has 1 aliphatic heterocycles. The molecule has 0 radical (unpaired) electrons. The molecule has 0 fully saturated rings. The molecule has 4 aromatic rings. The van der Waals surface area contributed by atoms with Crippen molar-refractivity contribution < 1.29 is 14.6 Å². The molecule has 0 atom stereocenters. The molecule has 136 valence electrons. The van der Waals surface area contributed by atoms with Gasteiger partial charge in [0.15, 0.2) is 5.76 Å². The second-order valence-electron chi connectivity index (χ2n) is 6.79. The number of hydrogen-bond donors (Lipinski definition) is 1. The number of Topliss-reactive ketones (excluding diaryl/α,β-unsaturated/α-hetero) is 1. The Labute approximate surface area is 161 Å². The standard InChI is InChI=1S/C24H17NO3/c1-25-18-11-6-5-10-16(18)17(23(25)15-8-3-2-4-9-15)14-21-24(27)22-19(26)12-7-13-20(22)28-21/h2-14,26H,1H3/b21-14-. The highest BCUT2D eigenvalue weighted by Gasteiger charge is 2.31. The fourth-order valence-corrected chi connectivity index (χ4v) is 3.86. The van der Waals surface area contributed by atoms with Gasteiger partial charge in [-0.2, -0.15) is 0 Å². The number of benzene rings is 3. The van der Waals surface area contributed by atoms with E-state index in [1.54, 1.807) is 18.2 Å². The lowest BCUT2D eigenvalue weighted by Gasteiger charge is -2.07. The van der Waals surface area contributed by atoms with Gasteiger partial charge in [0.2, 0.25) is 5.78 Å². The Morgan fingerprint density at radius 2 is 1.68 bits per heavy atom. The number of fused-ring (bicyclic) bond motifs is 2. The summed E-state index contributed by atoms with van der Waals surface area (Å²) in [7, 11) is 2.02. The van der Waals surface area contributed by atoms with Gasteiger partial charge in [0.05, 0.1) is 5.69 Å². The van der Waals surface area contributed by atoms with Gasteiger partial charge in [0.1, 0.15) is 17.1 Å². The number of ether oxygens (including phenoxy) is 1. The summed E-state index contributed by atoms with van der Waals surface area (Å²) in [6.45, 7) is 0. The molecule has 1 N–H and O–H groups in total. The van der Waals surface area contributed by atoms with Gasteiger partial charge in [-0.05, 0) is 29.8 Å². The highest BCUT2D eigenvalue weighted by Crippen LogP contribution is 2.40. The van der Waals surface area contributed by atoms with E-state index >= 15 is 0 Å². The molecule has 1 aromatic heterocycles. The van der Waals surface area contributed by atoms with Crippen LogP contribution in [0.2, 0.25) is 0 Å². The zero-order chi connectivity index (χ0) is 19.3. The number of nitrogens with zero attached hydrogens (tertiary/aromatic N) is 1. The number of rotatable bonds is 2. The summed E-state index contributed by atoms with van der Waals surface area (Å²) in [5.41, 5.74) is 4.26. The molecule has 2 heterocycles. The second-order valence-corrected chi connectivity index (χ2v) is 6.79. The Morgan fingerprint density at radius 1 is 0.929 bits per heavy atom. The predicted molar refractivity (Wildman–Crippen MR) is 109 cm³/mol. The molecule has 0 saturated heterocycles. The maximum absolute atomic E-state index is 12.9. The summed E-state index contributed by atoms with van der Waals surface area (Å²) in [6.07, 6.45) is 1.78. The van der Waals surface area contributed by atoms with Crippen LogP contribution in [0.1, 0.15) is 15.9 Å². The van der Waals surface area contributed by atoms with Crippen LogP contribution in [0, 0.1) is 0 Å². The lowest BCUT2D eigenvalue weighted by molar-refractivity contribution is 0.101. The van der Waals surface area contributed by atoms with Crippen molar-refractivity contribution in [2.45, 2.75) is 0 Å². The van der Waals surface area contributed by atoms with Crippen LogP contribution in [0.5, 0.6) is 11.5 Å². The van der Waals surface area contributed by atoms with Crippen molar-refractivity contribution in [2.75, 3.05) is 0 Å². The van der Waals surface area contributed by atoms with E-state index in [-0.39, 0.29) is 22.9 Å². The zero-order valence-corrected chi connectivity index (χ0v) is 15.2. The van der Waals surface area contributed by atoms with Gasteiger partial charge in [-0.3, -0.25) is 4.79 Å². The smallest absolute Gasteiger partial charge is 0.235 e. The van der Waals surface area contributed by atoms with E-state index in [1.807, 2.05) is 55.6 Å². The van der Waals surface area contributed by atoms with Crippen LogP contribution in [0.25, 0.3) is 28.2 Å². The number of hydrogen-bond acceptors (Lipinski definition) is 3. The number of para-hydroxylation sites is 1. The van der Waals surface area contributed by atoms with Crippen LogP contribution >= 0.6 is 0 Å². The van der Waals surface area contributed by atoms with Crippen molar-refractivity contribution in [1.82, 2.24) is 4.57 Å². The van der Waals surface area contributed by atoms with Crippen molar-refractivity contribution in [1.29, 1.82) is 0 Å². The molecule has 28 heavy (non-hydrogen) atoms. The highest BCUT2D eigenvalue weighted by molar-refractivity contribution is 6.17. The SMILES string of the molecule is Cn1c(-c2ccccc2)c(/C=C2\Oc3cccc(O)c3C2=O)c2ccccc21. The van der Waals surface area contributed by atoms with Gasteiger partial charge in [-0.25, -0.2) is 0 Å². The molecule has 0 spiro atoms. The molecule has 5 rings (SSSR count). The van der Waals surface area contributed by atoms with Crippen molar-refractivity contribution in [3.8, 4) is 22.8 Å². The average Bonchev–Trinajstić information content (AvgIpc) is 3.19. The van der Waals surface area contributed by atoms with E-state index in [4.69, 9.17) is 4.74 Å². The highest BCUT2D eigenvalue weighted by atomic mass is 16.5. The average molecular weight is 367 g/mol. The monoisotopic (exact) mass is 367 g/mol. The third kappa shape index (κ3) is 2.35. The molecule has 3 aromatic carbocycles. The summed E-state index contributed by atoms with van der Waals surface area (Å²) >= 11 is 0. The van der Waals surface area contributed by atoms with Crippen LogP contribution in [0.4, 0.5) is 0 Å². The van der Waals surface area contributed by atoms with Crippen LogP contribution in [-0.4, -0.2) is 15.5 Å². The number of ketones is 1. The lowest BCUT2D eigenvalue weighted by Crippen LogP contribution is -1.99. The Hall–Kier alpha value is -3.79. The van der Waals surface area contributed by atoms with Crippen LogP contribution < -0.4 is 4.74 Å². The third-order valence-corrected chi connectivity index (χ3v) is 5.14. The maximum atomic E-state index is 12.9. The molecule has 4 heteroatoms. The Balaban J connectivity index is 1.76. The van der Waals surface area contributed by atoms with Crippen LogP contribution in [0.15, 0.2) is 78.6 Å². The minimum absolute atomic E-state index is 0.0629. The number of carbonyl (C=O) groups is 1. The normalized spacial score (nSPS) is 14.5. The summed E-state index contributed by atoms with van der Waals surface area (Å²) in [4.78, 5) is 12.9. The number of aromatic nitrogens is 1.